The Morgan fingerprint density at radius 1 is 1.47 bits per heavy atom. The Hall–Kier alpha value is -1.32. The van der Waals surface area contributed by atoms with E-state index in [4.69, 9.17) is 21.9 Å². The van der Waals surface area contributed by atoms with Gasteiger partial charge in [-0.15, -0.1) is 0 Å². The van der Waals surface area contributed by atoms with Gasteiger partial charge in [-0.25, -0.2) is 0 Å². The van der Waals surface area contributed by atoms with E-state index in [-0.39, 0.29) is 0 Å². The van der Waals surface area contributed by atoms with Gasteiger partial charge < -0.3 is 10.3 Å². The highest BCUT2D eigenvalue weighted by atomic mass is 35.5. The Morgan fingerprint density at radius 2 is 2.27 bits per heavy atom. The monoisotopic (exact) mass is 222 g/mol. The lowest BCUT2D eigenvalue weighted by Crippen LogP contribution is -1.97. The summed E-state index contributed by atoms with van der Waals surface area (Å²) in [7, 11) is 0. The molecule has 0 fully saturated rings. The highest BCUT2D eigenvalue weighted by Gasteiger charge is 2.12. The molecule has 0 saturated carbocycles. The summed E-state index contributed by atoms with van der Waals surface area (Å²) in [5.74, 6) is 0.734. The molecular weight excluding hydrogens is 212 g/mol. The molecule has 0 aliphatic rings. The Bertz CT molecular complexity index is 479. The molecule has 0 aliphatic carbocycles. The van der Waals surface area contributed by atoms with Crippen molar-refractivity contribution in [2.75, 3.05) is 0 Å². The second-order valence-corrected chi connectivity index (χ2v) is 3.73. The molecule has 0 spiro atoms. The molecule has 78 valence electrons. The number of aromatic nitrogens is 1. The third-order valence-corrected chi connectivity index (χ3v) is 2.54. The van der Waals surface area contributed by atoms with Gasteiger partial charge in [0.15, 0.2) is 5.76 Å². The van der Waals surface area contributed by atoms with Crippen LogP contribution >= 0.6 is 11.6 Å². The molecule has 1 heterocycles. The number of benzene rings is 1. The normalized spacial score (nSPS) is 10.6. The Kier molecular flexibility index (Phi) is 2.75. The van der Waals surface area contributed by atoms with Gasteiger partial charge >= 0.3 is 0 Å². The van der Waals surface area contributed by atoms with E-state index >= 15 is 0 Å². The predicted molar refractivity (Wildman–Crippen MR) is 59.6 cm³/mol. The average molecular weight is 223 g/mol. The average Bonchev–Trinajstić information content (AvgIpc) is 2.59. The van der Waals surface area contributed by atoms with Crippen molar-refractivity contribution < 1.29 is 4.52 Å². The first kappa shape index (κ1) is 10.2. The SMILES string of the molecule is Cc1c(CN)noc1-c1cccc(Cl)c1. The Morgan fingerprint density at radius 3 is 2.87 bits per heavy atom. The zero-order valence-corrected chi connectivity index (χ0v) is 9.08. The largest absolute Gasteiger partial charge is 0.356 e. The minimum absolute atomic E-state index is 0.385. The first-order chi connectivity index (χ1) is 7.22. The fourth-order valence-corrected chi connectivity index (χ4v) is 1.65. The smallest absolute Gasteiger partial charge is 0.170 e. The van der Waals surface area contributed by atoms with E-state index in [1.54, 1.807) is 0 Å². The molecule has 2 aromatic rings. The van der Waals surface area contributed by atoms with Crippen molar-refractivity contribution >= 4 is 11.6 Å². The van der Waals surface area contributed by atoms with Crippen LogP contribution in [0.25, 0.3) is 11.3 Å². The summed E-state index contributed by atoms with van der Waals surface area (Å²) >= 11 is 5.90. The summed E-state index contributed by atoms with van der Waals surface area (Å²) in [6.07, 6.45) is 0. The van der Waals surface area contributed by atoms with E-state index in [0.717, 1.165) is 22.6 Å². The quantitative estimate of drug-likeness (QED) is 0.850. The van der Waals surface area contributed by atoms with Gasteiger partial charge in [-0.3, -0.25) is 0 Å². The van der Waals surface area contributed by atoms with Gasteiger partial charge in [0.05, 0.1) is 0 Å². The lowest BCUT2D eigenvalue weighted by molar-refractivity contribution is 0.423. The lowest BCUT2D eigenvalue weighted by atomic mass is 10.1. The summed E-state index contributed by atoms with van der Waals surface area (Å²) in [6, 6.07) is 7.47. The third-order valence-electron chi connectivity index (χ3n) is 2.30. The maximum absolute atomic E-state index is 5.90. The van der Waals surface area contributed by atoms with Crippen molar-refractivity contribution in [3.63, 3.8) is 0 Å². The van der Waals surface area contributed by atoms with E-state index in [1.807, 2.05) is 31.2 Å². The molecule has 1 aromatic carbocycles. The summed E-state index contributed by atoms with van der Waals surface area (Å²) in [4.78, 5) is 0. The van der Waals surface area contributed by atoms with Crippen LogP contribution in [-0.4, -0.2) is 5.16 Å². The fourth-order valence-electron chi connectivity index (χ4n) is 1.46. The maximum atomic E-state index is 5.90. The van der Waals surface area contributed by atoms with E-state index in [9.17, 15) is 0 Å². The number of rotatable bonds is 2. The van der Waals surface area contributed by atoms with Crippen molar-refractivity contribution in [2.24, 2.45) is 5.73 Å². The molecule has 2 rings (SSSR count). The highest BCUT2D eigenvalue weighted by molar-refractivity contribution is 6.30. The van der Waals surface area contributed by atoms with Gasteiger partial charge in [-0.2, -0.15) is 0 Å². The summed E-state index contributed by atoms with van der Waals surface area (Å²) in [5, 5.41) is 4.58. The molecule has 0 aliphatic heterocycles. The van der Waals surface area contributed by atoms with Gasteiger partial charge in [0.1, 0.15) is 5.69 Å². The van der Waals surface area contributed by atoms with E-state index in [2.05, 4.69) is 5.16 Å². The van der Waals surface area contributed by atoms with Crippen molar-refractivity contribution in [1.82, 2.24) is 5.16 Å². The van der Waals surface area contributed by atoms with Crippen LogP contribution in [0.5, 0.6) is 0 Å². The fraction of sp³-hybridized carbons (Fsp3) is 0.182. The van der Waals surface area contributed by atoms with E-state index in [1.165, 1.54) is 0 Å². The van der Waals surface area contributed by atoms with Crippen molar-refractivity contribution in [1.29, 1.82) is 0 Å². The molecule has 0 unspecified atom stereocenters. The van der Waals surface area contributed by atoms with Gasteiger partial charge in [0.2, 0.25) is 0 Å². The van der Waals surface area contributed by atoms with Crippen LogP contribution in [0.1, 0.15) is 11.3 Å². The molecule has 3 nitrogen and oxygen atoms in total. The zero-order chi connectivity index (χ0) is 10.8. The zero-order valence-electron chi connectivity index (χ0n) is 8.33. The molecule has 0 amide bonds. The minimum Gasteiger partial charge on any atom is -0.356 e. The molecule has 0 saturated heterocycles. The van der Waals surface area contributed by atoms with E-state index < -0.39 is 0 Å². The maximum Gasteiger partial charge on any atom is 0.170 e. The second kappa shape index (κ2) is 4.04. The molecule has 15 heavy (non-hydrogen) atoms. The van der Waals surface area contributed by atoms with Gasteiger partial charge in [-0.1, -0.05) is 28.9 Å². The summed E-state index contributed by atoms with van der Waals surface area (Å²) in [6.45, 7) is 2.32. The van der Waals surface area contributed by atoms with Crippen molar-refractivity contribution in [2.45, 2.75) is 13.5 Å². The van der Waals surface area contributed by atoms with Crippen LogP contribution in [0.15, 0.2) is 28.8 Å². The lowest BCUT2D eigenvalue weighted by Gasteiger charge is -1.98. The van der Waals surface area contributed by atoms with Crippen LogP contribution < -0.4 is 5.73 Å². The van der Waals surface area contributed by atoms with Gasteiger partial charge in [0, 0.05) is 22.7 Å². The summed E-state index contributed by atoms with van der Waals surface area (Å²) < 4.78 is 5.24. The minimum atomic E-state index is 0.385. The second-order valence-electron chi connectivity index (χ2n) is 3.30. The molecular formula is C11H11ClN2O. The number of halogens is 1. The van der Waals surface area contributed by atoms with Crippen LogP contribution in [-0.2, 0) is 6.54 Å². The number of nitrogens with zero attached hydrogens (tertiary/aromatic N) is 1. The van der Waals surface area contributed by atoms with Crippen molar-refractivity contribution in [3.8, 4) is 11.3 Å². The number of nitrogens with two attached hydrogens (primary N) is 1. The standard InChI is InChI=1S/C11H11ClN2O/c1-7-10(6-13)14-15-11(7)8-3-2-4-9(12)5-8/h2-5H,6,13H2,1H3. The molecule has 1 aromatic heterocycles. The van der Waals surface area contributed by atoms with E-state index in [0.29, 0.717) is 11.6 Å². The Labute approximate surface area is 92.8 Å². The van der Waals surface area contributed by atoms with Crippen LogP contribution in [0.3, 0.4) is 0 Å². The van der Waals surface area contributed by atoms with Gasteiger partial charge in [0.25, 0.3) is 0 Å². The van der Waals surface area contributed by atoms with Crippen LogP contribution in [0.4, 0.5) is 0 Å². The third kappa shape index (κ3) is 1.89. The Balaban J connectivity index is 2.49. The molecule has 4 heteroatoms. The predicted octanol–water partition coefficient (Wildman–Crippen LogP) is 2.76. The van der Waals surface area contributed by atoms with Gasteiger partial charge in [-0.05, 0) is 19.1 Å². The van der Waals surface area contributed by atoms with Crippen LogP contribution in [0.2, 0.25) is 5.02 Å². The number of hydrogen-bond donors (Lipinski definition) is 1. The first-order valence-electron chi connectivity index (χ1n) is 4.63. The number of hydrogen-bond acceptors (Lipinski definition) is 3. The molecule has 2 N–H and O–H groups in total. The first-order valence-corrected chi connectivity index (χ1v) is 5.01. The van der Waals surface area contributed by atoms with Crippen LogP contribution in [0, 0.1) is 6.92 Å². The topological polar surface area (TPSA) is 52.0 Å². The summed E-state index contributed by atoms with van der Waals surface area (Å²) in [5.41, 5.74) is 8.20. The molecule has 0 radical (unpaired) electrons. The molecule has 0 bridgehead atoms. The highest BCUT2D eigenvalue weighted by Crippen LogP contribution is 2.27. The molecule has 0 atom stereocenters. The van der Waals surface area contributed by atoms with Crippen molar-refractivity contribution in [3.05, 3.63) is 40.5 Å².